The van der Waals surface area contributed by atoms with Crippen molar-refractivity contribution in [1.82, 2.24) is 16.0 Å². The molecule has 2 fully saturated rings. The van der Waals surface area contributed by atoms with Crippen LogP contribution in [0.25, 0.3) is 0 Å². The van der Waals surface area contributed by atoms with Crippen LogP contribution in [0.4, 0.5) is 0 Å². The zero-order chi connectivity index (χ0) is 13.1. The number of rotatable bonds is 2. The molecule has 2 saturated heterocycles. The fraction of sp³-hybridized carbons (Fsp3) is 0.750. The molecule has 2 aliphatic rings. The smallest absolute Gasteiger partial charge is 0.249 e. The fourth-order valence-corrected chi connectivity index (χ4v) is 2.51. The number of carbonyl (C=O) groups excluding carboxylic acids is 3. The molecule has 3 N–H and O–H groups in total. The first-order chi connectivity index (χ1) is 8.58. The van der Waals surface area contributed by atoms with Crippen molar-refractivity contribution < 1.29 is 14.4 Å². The lowest BCUT2D eigenvalue weighted by atomic mass is 9.87. The molecule has 0 aliphatic carbocycles. The molecular formula is C12H19N3O3. The molecule has 2 heterocycles. The highest BCUT2D eigenvalue weighted by molar-refractivity contribution is 6.01. The van der Waals surface area contributed by atoms with E-state index in [1.54, 1.807) is 0 Å². The van der Waals surface area contributed by atoms with Crippen molar-refractivity contribution in [3.05, 3.63) is 0 Å². The van der Waals surface area contributed by atoms with Gasteiger partial charge in [-0.25, -0.2) is 0 Å². The Morgan fingerprint density at radius 3 is 2.78 bits per heavy atom. The van der Waals surface area contributed by atoms with Crippen LogP contribution < -0.4 is 16.0 Å². The maximum Gasteiger partial charge on any atom is 0.249 e. The maximum atomic E-state index is 12.1. The predicted octanol–water partition coefficient (Wildman–Crippen LogP) is -0.847. The van der Waals surface area contributed by atoms with Gasteiger partial charge in [-0.1, -0.05) is 6.92 Å². The average Bonchev–Trinajstić information content (AvgIpc) is 2.33. The Labute approximate surface area is 106 Å². The fourth-order valence-electron chi connectivity index (χ4n) is 2.51. The third-order valence-corrected chi connectivity index (χ3v) is 3.68. The van der Waals surface area contributed by atoms with Gasteiger partial charge in [0.2, 0.25) is 17.7 Å². The lowest BCUT2D eigenvalue weighted by Gasteiger charge is -2.30. The van der Waals surface area contributed by atoms with E-state index in [1.807, 2.05) is 6.92 Å². The molecule has 6 nitrogen and oxygen atoms in total. The van der Waals surface area contributed by atoms with Crippen molar-refractivity contribution in [3.8, 4) is 0 Å². The van der Waals surface area contributed by atoms with E-state index in [2.05, 4.69) is 16.0 Å². The Hall–Kier alpha value is -1.43. The summed E-state index contributed by atoms with van der Waals surface area (Å²) in [5.41, 5.74) is 0. The van der Waals surface area contributed by atoms with Gasteiger partial charge in [0.15, 0.2) is 0 Å². The van der Waals surface area contributed by atoms with Gasteiger partial charge < -0.3 is 10.6 Å². The quantitative estimate of drug-likeness (QED) is 0.560. The van der Waals surface area contributed by atoms with Crippen molar-refractivity contribution in [3.63, 3.8) is 0 Å². The number of imide groups is 1. The molecule has 0 spiro atoms. The molecule has 2 rings (SSSR count). The molecule has 18 heavy (non-hydrogen) atoms. The van der Waals surface area contributed by atoms with Gasteiger partial charge in [-0.3, -0.25) is 19.7 Å². The monoisotopic (exact) mass is 253 g/mol. The second kappa shape index (κ2) is 5.48. The van der Waals surface area contributed by atoms with E-state index in [4.69, 9.17) is 0 Å². The first kappa shape index (κ1) is 13.0. The number of amides is 3. The van der Waals surface area contributed by atoms with Gasteiger partial charge in [0.25, 0.3) is 0 Å². The molecule has 6 heteroatoms. The molecule has 0 aromatic rings. The second-order valence-electron chi connectivity index (χ2n) is 5.09. The summed E-state index contributed by atoms with van der Waals surface area (Å²) in [7, 11) is 0. The van der Waals surface area contributed by atoms with Gasteiger partial charge in [0.1, 0.15) is 6.04 Å². The summed E-state index contributed by atoms with van der Waals surface area (Å²) < 4.78 is 0. The molecule has 0 aromatic carbocycles. The number of piperidine rings is 2. The van der Waals surface area contributed by atoms with Gasteiger partial charge >= 0.3 is 0 Å². The average molecular weight is 253 g/mol. The van der Waals surface area contributed by atoms with Crippen LogP contribution in [-0.4, -0.2) is 36.9 Å². The molecule has 3 amide bonds. The lowest BCUT2D eigenvalue weighted by molar-refractivity contribution is -0.138. The van der Waals surface area contributed by atoms with Crippen LogP contribution in [0.3, 0.4) is 0 Å². The molecule has 3 unspecified atom stereocenters. The highest BCUT2D eigenvalue weighted by Gasteiger charge is 2.32. The third-order valence-electron chi connectivity index (χ3n) is 3.68. The number of hydrogen-bond donors (Lipinski definition) is 3. The van der Waals surface area contributed by atoms with Crippen molar-refractivity contribution in [2.75, 3.05) is 13.1 Å². The molecule has 2 aliphatic heterocycles. The largest absolute Gasteiger partial charge is 0.344 e. The Balaban J connectivity index is 1.90. The predicted molar refractivity (Wildman–Crippen MR) is 64.5 cm³/mol. The molecule has 0 bridgehead atoms. The minimum Gasteiger partial charge on any atom is -0.344 e. The van der Waals surface area contributed by atoms with Crippen LogP contribution in [0.1, 0.15) is 26.2 Å². The SMILES string of the molecule is CC1CNCCC1C(=O)NC1CCC(=O)NC1=O. The second-order valence-corrected chi connectivity index (χ2v) is 5.09. The first-order valence-electron chi connectivity index (χ1n) is 6.42. The number of nitrogens with one attached hydrogen (secondary N) is 3. The topological polar surface area (TPSA) is 87.3 Å². The lowest BCUT2D eigenvalue weighted by Crippen LogP contribution is -2.54. The number of hydrogen-bond acceptors (Lipinski definition) is 4. The first-order valence-corrected chi connectivity index (χ1v) is 6.42. The molecule has 100 valence electrons. The molecular weight excluding hydrogens is 234 g/mol. The Bertz CT molecular complexity index is 370. The molecule has 0 saturated carbocycles. The van der Waals surface area contributed by atoms with Crippen molar-refractivity contribution >= 4 is 17.7 Å². The van der Waals surface area contributed by atoms with Crippen molar-refractivity contribution in [1.29, 1.82) is 0 Å². The molecule has 0 aromatic heterocycles. The Morgan fingerprint density at radius 1 is 1.33 bits per heavy atom. The minimum absolute atomic E-state index is 0.0447. The summed E-state index contributed by atoms with van der Waals surface area (Å²) in [6.45, 7) is 3.69. The van der Waals surface area contributed by atoms with Crippen molar-refractivity contribution in [2.45, 2.75) is 32.2 Å². The summed E-state index contributed by atoms with van der Waals surface area (Å²) in [5, 5.41) is 8.24. The van der Waals surface area contributed by atoms with E-state index in [9.17, 15) is 14.4 Å². The summed E-state index contributed by atoms with van der Waals surface area (Å²) >= 11 is 0. The molecule has 0 radical (unpaired) electrons. The van der Waals surface area contributed by atoms with E-state index < -0.39 is 6.04 Å². The van der Waals surface area contributed by atoms with Crippen LogP contribution in [0.15, 0.2) is 0 Å². The van der Waals surface area contributed by atoms with Crippen LogP contribution >= 0.6 is 0 Å². The van der Waals surface area contributed by atoms with Gasteiger partial charge in [-0.05, 0) is 31.8 Å². The molecule has 3 atom stereocenters. The Kier molecular flexibility index (Phi) is 3.96. The van der Waals surface area contributed by atoms with E-state index in [1.165, 1.54) is 0 Å². The van der Waals surface area contributed by atoms with Gasteiger partial charge in [-0.15, -0.1) is 0 Å². The zero-order valence-electron chi connectivity index (χ0n) is 10.5. The summed E-state index contributed by atoms with van der Waals surface area (Å²) in [4.78, 5) is 34.7. The summed E-state index contributed by atoms with van der Waals surface area (Å²) in [5.74, 6) is -0.496. The highest BCUT2D eigenvalue weighted by atomic mass is 16.2. The Morgan fingerprint density at radius 2 is 2.11 bits per heavy atom. The van der Waals surface area contributed by atoms with Crippen LogP contribution in [0.5, 0.6) is 0 Å². The maximum absolute atomic E-state index is 12.1. The summed E-state index contributed by atoms with van der Waals surface area (Å²) in [6.07, 6.45) is 1.48. The van der Waals surface area contributed by atoms with E-state index in [0.717, 1.165) is 19.5 Å². The standard InChI is InChI=1S/C12H19N3O3/c1-7-6-13-5-4-8(7)11(17)14-9-2-3-10(16)15-12(9)18/h7-9,13H,2-6H2,1H3,(H,14,17)(H,15,16,18). The van der Waals surface area contributed by atoms with Crippen molar-refractivity contribution in [2.24, 2.45) is 11.8 Å². The van der Waals surface area contributed by atoms with Gasteiger partial charge in [0, 0.05) is 12.3 Å². The number of carbonyl (C=O) groups is 3. The van der Waals surface area contributed by atoms with E-state index in [0.29, 0.717) is 12.8 Å². The van der Waals surface area contributed by atoms with Gasteiger partial charge in [0.05, 0.1) is 0 Å². The van der Waals surface area contributed by atoms with Gasteiger partial charge in [-0.2, -0.15) is 0 Å². The van der Waals surface area contributed by atoms with E-state index in [-0.39, 0.29) is 29.6 Å². The van der Waals surface area contributed by atoms with Crippen LogP contribution in [0, 0.1) is 11.8 Å². The highest BCUT2D eigenvalue weighted by Crippen LogP contribution is 2.19. The summed E-state index contributed by atoms with van der Waals surface area (Å²) in [6, 6.07) is -0.558. The van der Waals surface area contributed by atoms with E-state index >= 15 is 0 Å². The normalized spacial score (nSPS) is 32.8. The third kappa shape index (κ3) is 2.87. The zero-order valence-corrected chi connectivity index (χ0v) is 10.5. The van der Waals surface area contributed by atoms with Crippen LogP contribution in [-0.2, 0) is 14.4 Å². The minimum atomic E-state index is -0.558. The van der Waals surface area contributed by atoms with Crippen LogP contribution in [0.2, 0.25) is 0 Å².